The highest BCUT2D eigenvalue weighted by molar-refractivity contribution is 5.92. The molecule has 1 N–H and O–H groups in total. The molecule has 0 unspecified atom stereocenters. The first kappa shape index (κ1) is 12.4. The molecule has 0 spiro atoms. The molecule has 0 saturated heterocycles. The molecule has 3 aromatic rings. The standard InChI is InChI=1S/C14H14N4O2/c1-10-16-12-3-2-11(14(19)20)8-13(12)18(10)7-6-17-5-4-15-9-17/h2-5,8-9H,6-7H2,1H3,(H,19,20). The number of carbonyl (C=O) groups is 1. The Balaban J connectivity index is 1.97. The van der Waals surface area contributed by atoms with Crippen LogP contribution in [0.25, 0.3) is 11.0 Å². The van der Waals surface area contributed by atoms with Crippen molar-refractivity contribution in [3.8, 4) is 0 Å². The molecule has 0 atom stereocenters. The summed E-state index contributed by atoms with van der Waals surface area (Å²) < 4.78 is 4.01. The summed E-state index contributed by atoms with van der Waals surface area (Å²) in [6, 6.07) is 5.00. The minimum atomic E-state index is -0.924. The van der Waals surface area contributed by atoms with E-state index in [4.69, 9.17) is 5.11 Å². The first-order chi connectivity index (χ1) is 9.65. The number of carboxylic acid groups (broad SMARTS) is 1. The Hall–Kier alpha value is -2.63. The summed E-state index contributed by atoms with van der Waals surface area (Å²) in [6.07, 6.45) is 5.40. The van der Waals surface area contributed by atoms with Crippen LogP contribution < -0.4 is 0 Å². The Bertz CT molecular complexity index is 759. The Kier molecular flexibility index (Phi) is 2.98. The molecule has 0 radical (unpaired) electrons. The summed E-state index contributed by atoms with van der Waals surface area (Å²) in [7, 11) is 0. The van der Waals surface area contributed by atoms with Gasteiger partial charge in [-0.1, -0.05) is 0 Å². The average Bonchev–Trinajstić information content (AvgIpc) is 3.02. The van der Waals surface area contributed by atoms with Crippen LogP contribution in [0.1, 0.15) is 16.2 Å². The van der Waals surface area contributed by atoms with Gasteiger partial charge in [-0.15, -0.1) is 0 Å². The zero-order valence-corrected chi connectivity index (χ0v) is 11.0. The van der Waals surface area contributed by atoms with E-state index in [1.807, 2.05) is 22.3 Å². The average molecular weight is 270 g/mol. The lowest BCUT2D eigenvalue weighted by molar-refractivity contribution is 0.0697. The lowest BCUT2D eigenvalue weighted by Crippen LogP contribution is -2.07. The quantitative estimate of drug-likeness (QED) is 0.786. The minimum absolute atomic E-state index is 0.279. The molecule has 1 aromatic carbocycles. The topological polar surface area (TPSA) is 72.9 Å². The van der Waals surface area contributed by atoms with Gasteiger partial charge in [0.2, 0.25) is 0 Å². The molecule has 0 amide bonds. The van der Waals surface area contributed by atoms with Gasteiger partial charge >= 0.3 is 5.97 Å². The number of benzene rings is 1. The van der Waals surface area contributed by atoms with E-state index in [1.54, 1.807) is 30.7 Å². The summed E-state index contributed by atoms with van der Waals surface area (Å²) in [5.74, 6) is -0.0467. The maximum Gasteiger partial charge on any atom is 0.335 e. The Morgan fingerprint density at radius 1 is 1.35 bits per heavy atom. The van der Waals surface area contributed by atoms with Crippen LogP contribution in [0.3, 0.4) is 0 Å². The van der Waals surface area contributed by atoms with Crippen molar-refractivity contribution in [2.75, 3.05) is 0 Å². The van der Waals surface area contributed by atoms with E-state index in [1.165, 1.54) is 0 Å². The fourth-order valence-electron chi connectivity index (χ4n) is 2.29. The van der Waals surface area contributed by atoms with Crippen molar-refractivity contribution in [3.05, 3.63) is 48.3 Å². The van der Waals surface area contributed by atoms with Crippen molar-refractivity contribution in [1.29, 1.82) is 0 Å². The fourth-order valence-corrected chi connectivity index (χ4v) is 2.29. The first-order valence-electron chi connectivity index (χ1n) is 6.31. The van der Waals surface area contributed by atoms with Gasteiger partial charge in [0.25, 0.3) is 0 Å². The molecule has 0 aliphatic heterocycles. The van der Waals surface area contributed by atoms with Crippen molar-refractivity contribution < 1.29 is 9.90 Å². The van der Waals surface area contributed by atoms with E-state index in [9.17, 15) is 4.79 Å². The number of rotatable bonds is 4. The van der Waals surface area contributed by atoms with Gasteiger partial charge in [0.1, 0.15) is 5.82 Å². The first-order valence-corrected chi connectivity index (χ1v) is 6.31. The molecule has 20 heavy (non-hydrogen) atoms. The summed E-state index contributed by atoms with van der Waals surface area (Å²) in [5, 5.41) is 9.08. The highest BCUT2D eigenvalue weighted by atomic mass is 16.4. The predicted molar refractivity (Wildman–Crippen MR) is 73.7 cm³/mol. The van der Waals surface area contributed by atoms with E-state index in [-0.39, 0.29) is 5.56 Å². The molecule has 6 heteroatoms. The van der Waals surface area contributed by atoms with Crippen molar-refractivity contribution in [3.63, 3.8) is 0 Å². The highest BCUT2D eigenvalue weighted by Crippen LogP contribution is 2.18. The van der Waals surface area contributed by atoms with Crippen molar-refractivity contribution in [2.45, 2.75) is 20.0 Å². The smallest absolute Gasteiger partial charge is 0.335 e. The Morgan fingerprint density at radius 2 is 2.20 bits per heavy atom. The van der Waals surface area contributed by atoms with E-state index in [2.05, 4.69) is 9.97 Å². The molecular weight excluding hydrogens is 256 g/mol. The lowest BCUT2D eigenvalue weighted by Gasteiger charge is -2.07. The Morgan fingerprint density at radius 3 is 2.90 bits per heavy atom. The van der Waals surface area contributed by atoms with Gasteiger partial charge in [0.15, 0.2) is 0 Å². The maximum absolute atomic E-state index is 11.1. The minimum Gasteiger partial charge on any atom is -0.478 e. The van der Waals surface area contributed by atoms with Crippen LogP contribution >= 0.6 is 0 Å². The number of aromatic carboxylic acids is 1. The highest BCUT2D eigenvalue weighted by Gasteiger charge is 2.10. The predicted octanol–water partition coefficient (Wildman–Crippen LogP) is 1.94. The second-order valence-electron chi connectivity index (χ2n) is 4.62. The van der Waals surface area contributed by atoms with Crippen LogP contribution in [0.15, 0.2) is 36.9 Å². The van der Waals surface area contributed by atoms with Crippen LogP contribution in [-0.4, -0.2) is 30.2 Å². The zero-order valence-electron chi connectivity index (χ0n) is 11.0. The summed E-state index contributed by atoms with van der Waals surface area (Å²) >= 11 is 0. The third-order valence-corrected chi connectivity index (χ3v) is 3.33. The fraction of sp³-hybridized carbons (Fsp3) is 0.214. The van der Waals surface area contributed by atoms with E-state index >= 15 is 0 Å². The van der Waals surface area contributed by atoms with Crippen LogP contribution in [0.2, 0.25) is 0 Å². The monoisotopic (exact) mass is 270 g/mol. The van der Waals surface area contributed by atoms with Crippen LogP contribution in [0, 0.1) is 6.92 Å². The third kappa shape index (κ3) is 2.16. The number of nitrogens with zero attached hydrogens (tertiary/aromatic N) is 4. The second-order valence-corrected chi connectivity index (χ2v) is 4.62. The van der Waals surface area contributed by atoms with E-state index in [0.29, 0.717) is 0 Å². The number of hydrogen-bond acceptors (Lipinski definition) is 3. The molecule has 2 heterocycles. The molecule has 6 nitrogen and oxygen atoms in total. The molecule has 3 rings (SSSR count). The summed E-state index contributed by atoms with van der Waals surface area (Å²) in [6.45, 7) is 3.42. The van der Waals surface area contributed by atoms with Gasteiger partial charge in [-0.25, -0.2) is 14.8 Å². The SMILES string of the molecule is Cc1nc2ccc(C(=O)O)cc2n1CCn1ccnc1. The number of imidazole rings is 2. The van der Waals surface area contributed by atoms with Crippen molar-refractivity contribution in [1.82, 2.24) is 19.1 Å². The normalized spacial score (nSPS) is 11.1. The molecule has 102 valence electrons. The zero-order chi connectivity index (χ0) is 14.1. The van der Waals surface area contributed by atoms with Gasteiger partial charge in [0.05, 0.1) is 22.9 Å². The molecule has 0 fully saturated rings. The number of hydrogen-bond donors (Lipinski definition) is 1. The largest absolute Gasteiger partial charge is 0.478 e. The van der Waals surface area contributed by atoms with Crippen LogP contribution in [0.4, 0.5) is 0 Å². The summed E-state index contributed by atoms with van der Waals surface area (Å²) in [5.41, 5.74) is 1.95. The Labute approximate surface area is 115 Å². The van der Waals surface area contributed by atoms with Crippen LogP contribution in [0.5, 0.6) is 0 Å². The molecule has 0 aliphatic carbocycles. The molecule has 2 aromatic heterocycles. The number of carboxylic acids is 1. The van der Waals surface area contributed by atoms with Gasteiger partial charge in [-0.05, 0) is 25.1 Å². The molecule has 0 saturated carbocycles. The number of aromatic nitrogens is 4. The van der Waals surface area contributed by atoms with Gasteiger partial charge in [-0.3, -0.25) is 0 Å². The lowest BCUT2D eigenvalue weighted by atomic mass is 10.2. The van der Waals surface area contributed by atoms with E-state index in [0.717, 1.165) is 29.9 Å². The maximum atomic E-state index is 11.1. The molecule has 0 aliphatic rings. The van der Waals surface area contributed by atoms with Gasteiger partial charge in [-0.2, -0.15) is 0 Å². The van der Waals surface area contributed by atoms with Crippen molar-refractivity contribution >= 4 is 17.0 Å². The van der Waals surface area contributed by atoms with Crippen LogP contribution in [-0.2, 0) is 13.1 Å². The van der Waals surface area contributed by atoms with Gasteiger partial charge < -0.3 is 14.2 Å². The number of aryl methyl sites for hydroxylation is 3. The summed E-state index contributed by atoms with van der Waals surface area (Å²) in [4.78, 5) is 19.5. The molecule has 0 bridgehead atoms. The number of fused-ring (bicyclic) bond motifs is 1. The van der Waals surface area contributed by atoms with Crippen molar-refractivity contribution in [2.24, 2.45) is 0 Å². The van der Waals surface area contributed by atoms with Gasteiger partial charge in [0, 0.05) is 25.5 Å². The molecular formula is C14H14N4O2. The third-order valence-electron chi connectivity index (χ3n) is 3.33. The van der Waals surface area contributed by atoms with E-state index < -0.39 is 5.97 Å². The second kappa shape index (κ2) is 4.80.